The molecule has 0 amide bonds. The number of rotatable bonds is 23. The van der Waals surface area contributed by atoms with Gasteiger partial charge in [-0.05, 0) is 62.5 Å². The third-order valence-corrected chi connectivity index (χ3v) is 10.7. The van der Waals surface area contributed by atoms with Crippen LogP contribution in [0.25, 0.3) is 0 Å². The average molecular weight is 777 g/mol. The molecule has 0 aromatic heterocycles. The van der Waals surface area contributed by atoms with Crippen LogP contribution in [0.1, 0.15) is 88.5 Å². The molecule has 14 heteroatoms. The molecule has 1 heterocycles. The molecule has 316 valence electrons. The number of hydrogen-bond donors (Lipinski definition) is 10. The molecule has 0 aromatic rings. The topological polar surface area (TPSA) is 247 Å². The van der Waals surface area contributed by atoms with Crippen LogP contribution in [-0.4, -0.2) is 144 Å². The van der Waals surface area contributed by atoms with Crippen LogP contribution < -0.4 is 0 Å². The monoisotopic (exact) mass is 776 g/mol. The average Bonchev–Trinajstić information content (AvgIpc) is 3.13. The summed E-state index contributed by atoms with van der Waals surface area (Å²) in [6.07, 6.45) is -6.45. The van der Waals surface area contributed by atoms with E-state index in [2.05, 4.69) is 20.8 Å². The molecule has 0 saturated carbocycles. The molecule has 54 heavy (non-hydrogen) atoms. The molecular weight excluding hydrogens is 704 g/mol. The number of aliphatic hydroxyl groups excluding tert-OH is 10. The molecule has 0 bridgehead atoms. The van der Waals surface area contributed by atoms with Crippen molar-refractivity contribution in [1.29, 1.82) is 0 Å². The third kappa shape index (κ3) is 15.3. The Morgan fingerprint density at radius 3 is 1.78 bits per heavy atom. The largest absolute Gasteiger partial charge is 0.459 e. The van der Waals surface area contributed by atoms with Crippen molar-refractivity contribution >= 4 is 5.97 Å². The van der Waals surface area contributed by atoms with Gasteiger partial charge in [-0.15, -0.1) is 0 Å². The minimum Gasteiger partial charge on any atom is -0.459 e. The van der Waals surface area contributed by atoms with Gasteiger partial charge in [0.2, 0.25) is 0 Å². The molecule has 0 spiro atoms. The minimum absolute atomic E-state index is 0.0477. The fourth-order valence-corrected chi connectivity index (χ4v) is 7.16. The van der Waals surface area contributed by atoms with Gasteiger partial charge in [-0.3, -0.25) is 0 Å². The molecule has 1 aliphatic heterocycles. The second kappa shape index (κ2) is 24.1. The first-order chi connectivity index (χ1) is 25.1. The van der Waals surface area contributed by atoms with Gasteiger partial charge < -0.3 is 65.3 Å². The van der Waals surface area contributed by atoms with Crippen LogP contribution in [0.3, 0.4) is 0 Å². The lowest BCUT2D eigenvalue weighted by molar-refractivity contribution is -0.317. The van der Waals surface area contributed by atoms with E-state index in [0.29, 0.717) is 23.0 Å². The molecule has 11 unspecified atom stereocenters. The number of ether oxygens (including phenoxy) is 3. The molecule has 0 radical (unpaired) electrons. The predicted octanol–water partition coefficient (Wildman–Crippen LogP) is 1.36. The zero-order valence-corrected chi connectivity index (χ0v) is 33.9. The van der Waals surface area contributed by atoms with E-state index < -0.39 is 105 Å². The van der Waals surface area contributed by atoms with E-state index in [1.54, 1.807) is 33.8 Å². The van der Waals surface area contributed by atoms with Gasteiger partial charge in [0.25, 0.3) is 0 Å². The summed E-state index contributed by atoms with van der Waals surface area (Å²) in [4.78, 5) is 12.5. The number of carbonyl (C=O) groups is 1. The Balaban J connectivity index is 3.13. The summed E-state index contributed by atoms with van der Waals surface area (Å²) >= 11 is 0. The summed E-state index contributed by atoms with van der Waals surface area (Å²) in [5.74, 6) is -1.23. The van der Waals surface area contributed by atoms with E-state index >= 15 is 0 Å². The normalized spacial score (nSPS) is 28.5. The van der Waals surface area contributed by atoms with Gasteiger partial charge in [0.05, 0.1) is 31.5 Å². The smallest absolute Gasteiger partial charge is 0.333 e. The standard InChI is InChI=1S/C40H72O14/c1-11-20(2)12-21(3)13-26(8)38(54-40-37(50)36(49)35(48)31(18-42)53-40)27(9)15-24(6)32(45)22(4)14-23(5)33(46)25(7)16-28(10)39(51)52-19-30(44)34(47)29(43)17-41/h14-16,20-22,25-27,29-38,40-50H,11-13,17-19H2,1-10H3/t20?,21?,22?,25?,26?,27?,29-,30-,31?,32?,33?,34+,35-,36+,37?,38?,40+/m1/s1. The molecule has 0 aliphatic carbocycles. The minimum atomic E-state index is -1.71. The van der Waals surface area contributed by atoms with E-state index in [9.17, 15) is 50.8 Å². The summed E-state index contributed by atoms with van der Waals surface area (Å²) in [7, 11) is 0. The van der Waals surface area contributed by atoms with Crippen molar-refractivity contribution in [1.82, 2.24) is 0 Å². The van der Waals surface area contributed by atoms with E-state index in [1.165, 1.54) is 13.0 Å². The van der Waals surface area contributed by atoms with Crippen LogP contribution >= 0.6 is 0 Å². The summed E-state index contributed by atoms with van der Waals surface area (Å²) in [6.45, 7) is 17.0. The number of carbonyl (C=O) groups excluding carboxylic acids is 1. The van der Waals surface area contributed by atoms with Crippen molar-refractivity contribution in [2.75, 3.05) is 19.8 Å². The van der Waals surface area contributed by atoms with Crippen LogP contribution in [0, 0.1) is 35.5 Å². The summed E-state index contributed by atoms with van der Waals surface area (Å²) in [6, 6.07) is 0. The first-order valence-corrected chi connectivity index (χ1v) is 19.3. The fourth-order valence-electron chi connectivity index (χ4n) is 7.16. The van der Waals surface area contributed by atoms with Gasteiger partial charge in [-0.1, -0.05) is 73.1 Å². The molecule has 1 saturated heterocycles. The van der Waals surface area contributed by atoms with E-state index in [-0.39, 0.29) is 17.4 Å². The van der Waals surface area contributed by atoms with Gasteiger partial charge in [0.1, 0.15) is 49.3 Å². The third-order valence-electron chi connectivity index (χ3n) is 10.7. The van der Waals surface area contributed by atoms with Gasteiger partial charge in [-0.25, -0.2) is 4.79 Å². The Labute approximate surface area is 321 Å². The maximum absolute atomic E-state index is 12.5. The Bertz CT molecular complexity index is 1190. The highest BCUT2D eigenvalue weighted by Gasteiger charge is 2.45. The lowest BCUT2D eigenvalue weighted by Crippen LogP contribution is -2.60. The van der Waals surface area contributed by atoms with Gasteiger partial charge in [0.15, 0.2) is 6.29 Å². The Morgan fingerprint density at radius 1 is 0.722 bits per heavy atom. The van der Waals surface area contributed by atoms with Crippen molar-refractivity contribution in [3.8, 4) is 0 Å². The highest BCUT2D eigenvalue weighted by atomic mass is 16.7. The second-order valence-corrected chi connectivity index (χ2v) is 15.9. The highest BCUT2D eigenvalue weighted by molar-refractivity contribution is 5.87. The SMILES string of the molecule is CCC(C)CC(C)CC(C)C(O[C@@H]1OC(CO)[C@@H](O)[C@H](O)C1O)C(C)C=C(C)C(O)C(C)C=C(C)C(O)C(C)C=C(C)C(=O)OC[C@@H](O)[C@@H](O)[C@H](O)CO. The summed E-state index contributed by atoms with van der Waals surface area (Å²) in [5.41, 5.74) is 1.33. The predicted molar refractivity (Wildman–Crippen MR) is 202 cm³/mol. The molecule has 14 nitrogen and oxygen atoms in total. The van der Waals surface area contributed by atoms with Crippen LogP contribution in [0.15, 0.2) is 34.9 Å². The molecule has 10 N–H and O–H groups in total. The van der Waals surface area contributed by atoms with Crippen LogP contribution in [0.2, 0.25) is 0 Å². The van der Waals surface area contributed by atoms with Crippen LogP contribution in [-0.2, 0) is 19.0 Å². The lowest BCUT2D eigenvalue weighted by atomic mass is 9.82. The lowest BCUT2D eigenvalue weighted by Gasteiger charge is -2.42. The maximum atomic E-state index is 12.5. The maximum Gasteiger partial charge on any atom is 0.333 e. The molecule has 0 aromatic carbocycles. The number of esters is 1. The summed E-state index contributed by atoms with van der Waals surface area (Å²) in [5, 5.41) is 102. The molecule has 1 aliphatic rings. The molecule has 17 atom stereocenters. The molecule has 1 fully saturated rings. The quantitative estimate of drug-likeness (QED) is 0.0400. The van der Waals surface area contributed by atoms with Crippen LogP contribution in [0.5, 0.6) is 0 Å². The Hall–Kier alpha value is -1.79. The summed E-state index contributed by atoms with van der Waals surface area (Å²) < 4.78 is 17.1. The van der Waals surface area contributed by atoms with Crippen molar-refractivity contribution in [3.63, 3.8) is 0 Å². The van der Waals surface area contributed by atoms with E-state index in [1.807, 2.05) is 19.9 Å². The fraction of sp³-hybridized carbons (Fsp3) is 0.825. The Kier molecular flexibility index (Phi) is 22.4. The highest BCUT2D eigenvalue weighted by Crippen LogP contribution is 2.33. The molecular formula is C40H72O14. The zero-order valence-electron chi connectivity index (χ0n) is 33.9. The number of aliphatic hydroxyl groups is 10. The zero-order chi connectivity index (χ0) is 41.6. The van der Waals surface area contributed by atoms with Gasteiger partial charge >= 0.3 is 5.97 Å². The van der Waals surface area contributed by atoms with Gasteiger partial charge in [-0.2, -0.15) is 0 Å². The van der Waals surface area contributed by atoms with Crippen molar-refractivity contribution < 1.29 is 70.1 Å². The van der Waals surface area contributed by atoms with Crippen molar-refractivity contribution in [2.45, 2.75) is 156 Å². The second-order valence-electron chi connectivity index (χ2n) is 15.9. The van der Waals surface area contributed by atoms with Crippen LogP contribution in [0.4, 0.5) is 0 Å². The number of hydrogen-bond acceptors (Lipinski definition) is 14. The first-order valence-electron chi connectivity index (χ1n) is 19.3. The van der Waals surface area contributed by atoms with E-state index in [0.717, 1.165) is 19.3 Å². The van der Waals surface area contributed by atoms with Gasteiger partial charge in [0, 0.05) is 23.3 Å². The van der Waals surface area contributed by atoms with E-state index in [4.69, 9.17) is 19.3 Å². The first kappa shape index (κ1) is 50.2. The Morgan fingerprint density at radius 2 is 1.26 bits per heavy atom. The van der Waals surface area contributed by atoms with Crippen molar-refractivity contribution in [3.05, 3.63) is 34.9 Å². The van der Waals surface area contributed by atoms with Crippen molar-refractivity contribution in [2.24, 2.45) is 35.5 Å². The molecule has 1 rings (SSSR count).